The topological polar surface area (TPSA) is 95.7 Å². The molecule has 31 heavy (non-hydrogen) atoms. The summed E-state index contributed by atoms with van der Waals surface area (Å²) in [7, 11) is -3.24. The molecule has 6 nitrogen and oxygen atoms in total. The van der Waals surface area contributed by atoms with Gasteiger partial charge in [0.15, 0.2) is 15.5 Å². The lowest BCUT2D eigenvalue weighted by Crippen LogP contribution is -2.08. The fraction of sp³-hybridized carbons (Fsp3) is 0.125. The summed E-state index contributed by atoms with van der Waals surface area (Å²) in [5, 5.41) is 21.9. The van der Waals surface area contributed by atoms with Crippen LogP contribution in [-0.2, 0) is 16.3 Å². The number of aromatic nitrogens is 2. The molecule has 1 aromatic heterocycles. The van der Waals surface area contributed by atoms with E-state index < -0.39 is 9.84 Å². The van der Waals surface area contributed by atoms with Crippen molar-refractivity contribution in [1.82, 2.24) is 10.2 Å². The van der Waals surface area contributed by atoms with Crippen LogP contribution < -0.4 is 5.32 Å². The second-order valence-corrected chi connectivity index (χ2v) is 9.24. The fourth-order valence-electron chi connectivity index (χ4n) is 3.42. The predicted molar refractivity (Wildman–Crippen MR) is 121 cm³/mol. The lowest BCUT2D eigenvalue weighted by molar-refractivity contribution is 0.602. The normalized spacial score (nSPS) is 11.2. The van der Waals surface area contributed by atoms with Crippen molar-refractivity contribution in [3.05, 3.63) is 84.1 Å². The molecule has 0 radical (unpaired) electrons. The first-order valence-electron chi connectivity index (χ1n) is 9.74. The summed E-state index contributed by atoms with van der Waals surface area (Å²) in [6.45, 7) is 0.661. The molecule has 3 aromatic carbocycles. The zero-order valence-electron chi connectivity index (χ0n) is 16.9. The van der Waals surface area contributed by atoms with E-state index >= 15 is 0 Å². The molecular weight excluding hydrogens is 408 g/mol. The number of benzene rings is 3. The van der Waals surface area contributed by atoms with Gasteiger partial charge in [0.2, 0.25) is 0 Å². The molecular formula is C24H20N4O2S. The first-order valence-corrected chi connectivity index (χ1v) is 11.6. The van der Waals surface area contributed by atoms with E-state index in [-0.39, 0.29) is 10.6 Å². The number of nitriles is 1. The first kappa shape index (κ1) is 20.5. The lowest BCUT2D eigenvalue weighted by Gasteiger charge is -2.12. The van der Waals surface area contributed by atoms with Crippen LogP contribution in [0.25, 0.3) is 22.0 Å². The molecule has 0 atom stereocenters. The molecule has 1 N–H and O–H groups in total. The molecule has 4 aromatic rings. The van der Waals surface area contributed by atoms with Crippen LogP contribution in [0.15, 0.2) is 77.7 Å². The van der Waals surface area contributed by atoms with Gasteiger partial charge in [-0.3, -0.25) is 0 Å². The molecule has 0 fully saturated rings. The SMILES string of the molecule is CS(=O)(=O)c1ccc(-c2ccc3c(NCCc4ccccc4)c(C#N)nnc3c2)cc1. The Hall–Kier alpha value is -3.76. The molecule has 4 rings (SSSR count). The van der Waals surface area contributed by atoms with Gasteiger partial charge in [-0.2, -0.15) is 5.26 Å². The maximum absolute atomic E-state index is 11.7. The van der Waals surface area contributed by atoms with Gasteiger partial charge < -0.3 is 5.32 Å². The Labute approximate surface area is 181 Å². The first-order chi connectivity index (χ1) is 15.0. The van der Waals surface area contributed by atoms with Crippen molar-refractivity contribution >= 4 is 26.4 Å². The van der Waals surface area contributed by atoms with Crippen LogP contribution >= 0.6 is 0 Å². The Bertz CT molecular complexity index is 1380. The molecule has 0 saturated heterocycles. The van der Waals surface area contributed by atoms with Crippen molar-refractivity contribution in [1.29, 1.82) is 5.26 Å². The maximum Gasteiger partial charge on any atom is 0.186 e. The summed E-state index contributed by atoms with van der Waals surface area (Å²) in [5.74, 6) is 0. The highest BCUT2D eigenvalue weighted by Crippen LogP contribution is 2.29. The Morgan fingerprint density at radius 1 is 0.935 bits per heavy atom. The van der Waals surface area contributed by atoms with E-state index in [1.807, 2.05) is 36.4 Å². The number of fused-ring (bicyclic) bond motifs is 1. The zero-order valence-corrected chi connectivity index (χ0v) is 17.7. The predicted octanol–water partition coefficient (Wildman–Crippen LogP) is 4.23. The number of anilines is 1. The largest absolute Gasteiger partial charge is 0.382 e. The quantitative estimate of drug-likeness (QED) is 0.494. The number of sulfone groups is 1. The van der Waals surface area contributed by atoms with Crippen molar-refractivity contribution in [2.24, 2.45) is 0 Å². The molecule has 0 amide bonds. The van der Waals surface area contributed by atoms with Gasteiger partial charge in [-0.25, -0.2) is 8.42 Å². The van der Waals surface area contributed by atoms with E-state index in [1.165, 1.54) is 11.8 Å². The average molecular weight is 429 g/mol. The number of nitrogens with one attached hydrogen (secondary N) is 1. The number of hydrogen-bond donors (Lipinski definition) is 1. The van der Waals surface area contributed by atoms with Gasteiger partial charge in [0.1, 0.15) is 6.07 Å². The molecule has 1 heterocycles. The monoisotopic (exact) mass is 428 g/mol. The third kappa shape index (κ3) is 4.55. The third-order valence-electron chi connectivity index (χ3n) is 5.04. The number of hydrogen-bond acceptors (Lipinski definition) is 6. The molecule has 0 aliphatic heterocycles. The Morgan fingerprint density at radius 3 is 2.32 bits per heavy atom. The van der Waals surface area contributed by atoms with E-state index in [1.54, 1.807) is 24.3 Å². The summed E-state index contributed by atoms with van der Waals surface area (Å²) in [4.78, 5) is 0.278. The highest BCUT2D eigenvalue weighted by atomic mass is 32.2. The van der Waals surface area contributed by atoms with Gasteiger partial charge in [-0.15, -0.1) is 10.2 Å². The zero-order chi connectivity index (χ0) is 21.8. The summed E-state index contributed by atoms with van der Waals surface area (Å²) in [5.41, 5.74) is 4.56. The molecule has 0 spiro atoms. The maximum atomic E-state index is 11.7. The summed E-state index contributed by atoms with van der Waals surface area (Å²) >= 11 is 0. The minimum atomic E-state index is -3.24. The summed E-state index contributed by atoms with van der Waals surface area (Å²) in [6.07, 6.45) is 2.01. The molecule has 7 heteroatoms. The van der Waals surface area contributed by atoms with Crippen LogP contribution in [-0.4, -0.2) is 31.4 Å². The van der Waals surface area contributed by atoms with Crippen LogP contribution in [0.3, 0.4) is 0 Å². The van der Waals surface area contributed by atoms with E-state index in [4.69, 9.17) is 0 Å². The third-order valence-corrected chi connectivity index (χ3v) is 6.17. The van der Waals surface area contributed by atoms with Crippen molar-refractivity contribution in [2.75, 3.05) is 18.1 Å². The van der Waals surface area contributed by atoms with Crippen LogP contribution in [0.2, 0.25) is 0 Å². The van der Waals surface area contributed by atoms with Crippen molar-refractivity contribution < 1.29 is 8.42 Å². The molecule has 0 saturated carbocycles. The average Bonchev–Trinajstić information content (AvgIpc) is 2.79. The highest BCUT2D eigenvalue weighted by molar-refractivity contribution is 7.90. The van der Waals surface area contributed by atoms with E-state index in [9.17, 15) is 13.7 Å². The molecule has 0 unspecified atom stereocenters. The van der Waals surface area contributed by atoms with Crippen LogP contribution in [0.4, 0.5) is 5.69 Å². The van der Waals surface area contributed by atoms with Crippen LogP contribution in [0.5, 0.6) is 0 Å². The van der Waals surface area contributed by atoms with Gasteiger partial charge in [0.05, 0.1) is 16.1 Å². The molecule has 0 bridgehead atoms. The van der Waals surface area contributed by atoms with Gasteiger partial charge >= 0.3 is 0 Å². The van der Waals surface area contributed by atoms with Crippen LogP contribution in [0, 0.1) is 11.3 Å². The van der Waals surface area contributed by atoms with E-state index in [0.717, 1.165) is 22.9 Å². The molecule has 154 valence electrons. The fourth-order valence-corrected chi connectivity index (χ4v) is 4.05. The second-order valence-electron chi connectivity index (χ2n) is 7.23. The van der Waals surface area contributed by atoms with Gasteiger partial charge in [0, 0.05) is 18.2 Å². The van der Waals surface area contributed by atoms with Gasteiger partial charge in [-0.1, -0.05) is 48.5 Å². The Balaban J connectivity index is 1.64. The summed E-state index contributed by atoms with van der Waals surface area (Å²) < 4.78 is 23.4. The smallest absolute Gasteiger partial charge is 0.186 e. The lowest BCUT2D eigenvalue weighted by atomic mass is 10.0. The van der Waals surface area contributed by atoms with Gasteiger partial charge in [0.25, 0.3) is 0 Å². The standard InChI is InChI=1S/C24H20N4O2S/c1-31(29,30)20-10-7-18(8-11-20)19-9-12-21-22(15-19)27-28-23(16-25)24(21)26-14-13-17-5-3-2-4-6-17/h2-12,15H,13-14H2,1H3,(H,26,27). The highest BCUT2D eigenvalue weighted by Gasteiger charge is 2.12. The van der Waals surface area contributed by atoms with Crippen molar-refractivity contribution in [2.45, 2.75) is 11.3 Å². The Kier molecular flexibility index (Phi) is 5.65. The summed E-state index contributed by atoms with van der Waals surface area (Å²) in [6, 6.07) is 24.7. The minimum absolute atomic E-state index is 0.255. The Morgan fingerprint density at radius 2 is 1.65 bits per heavy atom. The van der Waals surface area contributed by atoms with Crippen molar-refractivity contribution in [3.8, 4) is 17.2 Å². The molecule has 0 aliphatic carbocycles. The van der Waals surface area contributed by atoms with Gasteiger partial charge in [-0.05, 0) is 47.4 Å². The van der Waals surface area contributed by atoms with E-state index in [2.05, 4.69) is 33.7 Å². The molecule has 0 aliphatic rings. The number of nitrogens with zero attached hydrogens (tertiary/aromatic N) is 3. The second kappa shape index (κ2) is 8.54. The minimum Gasteiger partial charge on any atom is -0.382 e. The number of rotatable bonds is 6. The van der Waals surface area contributed by atoms with Crippen molar-refractivity contribution in [3.63, 3.8) is 0 Å². The van der Waals surface area contributed by atoms with Crippen LogP contribution in [0.1, 0.15) is 11.3 Å². The van der Waals surface area contributed by atoms with E-state index in [0.29, 0.717) is 17.7 Å².